The Balaban J connectivity index is 2.15. The first kappa shape index (κ1) is 15.9. The second-order valence-electron chi connectivity index (χ2n) is 4.95. The van der Waals surface area contributed by atoms with Gasteiger partial charge in [-0.25, -0.2) is 9.07 Å². The van der Waals surface area contributed by atoms with Crippen LogP contribution in [-0.2, 0) is 4.74 Å². The Hall–Kier alpha value is -1.99. The molecule has 0 fully saturated rings. The number of rotatable bonds is 4. The number of hydrogen-bond acceptors (Lipinski definition) is 3. The molecule has 0 bridgehead atoms. The lowest BCUT2D eigenvalue weighted by Crippen LogP contribution is -2.05. The average Bonchev–Trinajstić information content (AvgIpc) is 2.97. The smallest absolute Gasteiger partial charge is 0.200 e. The highest BCUT2D eigenvalue weighted by atomic mass is 79.9. The van der Waals surface area contributed by atoms with Crippen LogP contribution in [0.4, 0.5) is 8.78 Å². The van der Waals surface area contributed by atoms with Crippen LogP contribution in [0.5, 0.6) is 5.75 Å². The van der Waals surface area contributed by atoms with Gasteiger partial charge in [-0.15, -0.1) is 0 Å². The van der Waals surface area contributed by atoms with Crippen LogP contribution in [0.25, 0.3) is 16.6 Å². The number of aryl methyl sites for hydroxylation is 1. The Kier molecular flexibility index (Phi) is 4.32. The molecule has 0 amide bonds. The lowest BCUT2D eigenvalue weighted by atomic mass is 10.1. The number of hydrogen-bond donors (Lipinski definition) is 0. The van der Waals surface area contributed by atoms with E-state index in [1.54, 1.807) is 6.20 Å². The molecule has 3 aromatic rings. The summed E-state index contributed by atoms with van der Waals surface area (Å²) in [7, 11) is 1.40. The Bertz CT molecular complexity index is 880. The molecule has 0 atom stereocenters. The van der Waals surface area contributed by atoms with Crippen molar-refractivity contribution in [1.82, 2.24) is 9.78 Å². The summed E-state index contributed by atoms with van der Waals surface area (Å²) in [6.45, 7) is 1.78. The molecule has 0 aliphatic carbocycles. The molecular formula is C16H13BrF2N2O2. The van der Waals surface area contributed by atoms with Gasteiger partial charge in [-0.1, -0.05) is 15.9 Å². The summed E-state index contributed by atoms with van der Waals surface area (Å²) in [6.07, 6.45) is 1.69. The van der Waals surface area contributed by atoms with E-state index >= 15 is 0 Å². The number of aromatic nitrogens is 2. The highest BCUT2D eigenvalue weighted by molar-refractivity contribution is 9.10. The van der Waals surface area contributed by atoms with E-state index in [0.29, 0.717) is 5.69 Å². The Morgan fingerprint density at radius 1 is 1.26 bits per heavy atom. The number of ether oxygens (including phenoxy) is 2. The van der Waals surface area contributed by atoms with Gasteiger partial charge in [0.25, 0.3) is 0 Å². The van der Waals surface area contributed by atoms with E-state index in [2.05, 4.69) is 21.0 Å². The third kappa shape index (κ3) is 2.82. The minimum Gasteiger partial charge on any atom is -0.464 e. The van der Waals surface area contributed by atoms with Crippen LogP contribution in [0.2, 0.25) is 0 Å². The molecule has 0 unspecified atom stereocenters. The Morgan fingerprint density at radius 3 is 2.78 bits per heavy atom. The zero-order chi connectivity index (χ0) is 16.6. The molecule has 2 aromatic carbocycles. The van der Waals surface area contributed by atoms with Crippen molar-refractivity contribution in [2.75, 3.05) is 13.9 Å². The SMILES string of the molecule is COCOc1cc(-n2ncc3c(C)c(Br)ccc32)cc(F)c1F. The maximum atomic E-state index is 13.9. The van der Waals surface area contributed by atoms with Crippen LogP contribution < -0.4 is 4.74 Å². The third-order valence-corrected chi connectivity index (χ3v) is 4.37. The lowest BCUT2D eigenvalue weighted by Gasteiger charge is -2.10. The first-order valence-corrected chi connectivity index (χ1v) is 7.56. The molecule has 4 nitrogen and oxygen atoms in total. The topological polar surface area (TPSA) is 36.3 Å². The van der Waals surface area contributed by atoms with E-state index in [-0.39, 0.29) is 12.5 Å². The van der Waals surface area contributed by atoms with Gasteiger partial charge in [0.15, 0.2) is 18.4 Å². The second kappa shape index (κ2) is 6.25. The van der Waals surface area contributed by atoms with Crippen molar-refractivity contribution < 1.29 is 18.3 Å². The van der Waals surface area contributed by atoms with Gasteiger partial charge in [0.2, 0.25) is 5.82 Å². The highest BCUT2D eigenvalue weighted by Gasteiger charge is 2.16. The summed E-state index contributed by atoms with van der Waals surface area (Å²) in [5.74, 6) is -2.29. The van der Waals surface area contributed by atoms with Crippen LogP contribution in [0.15, 0.2) is 34.9 Å². The first-order valence-electron chi connectivity index (χ1n) is 6.77. The minimum atomic E-state index is -1.05. The van der Waals surface area contributed by atoms with Crippen LogP contribution in [0.3, 0.4) is 0 Å². The Labute approximate surface area is 139 Å². The van der Waals surface area contributed by atoms with Crippen molar-refractivity contribution in [1.29, 1.82) is 0 Å². The summed E-state index contributed by atoms with van der Waals surface area (Å²) in [4.78, 5) is 0. The Morgan fingerprint density at radius 2 is 2.04 bits per heavy atom. The minimum absolute atomic E-state index is 0.175. The van der Waals surface area contributed by atoms with E-state index in [4.69, 9.17) is 9.47 Å². The van der Waals surface area contributed by atoms with Crippen molar-refractivity contribution in [3.8, 4) is 11.4 Å². The van der Waals surface area contributed by atoms with Crippen molar-refractivity contribution >= 4 is 26.8 Å². The van der Waals surface area contributed by atoms with Gasteiger partial charge < -0.3 is 9.47 Å². The van der Waals surface area contributed by atoms with E-state index in [9.17, 15) is 8.78 Å². The summed E-state index contributed by atoms with van der Waals surface area (Å²) in [5.41, 5.74) is 2.17. The molecule has 3 rings (SSSR count). The van der Waals surface area contributed by atoms with Gasteiger partial charge in [0.05, 0.1) is 17.4 Å². The molecule has 0 aliphatic heterocycles. The molecule has 0 aliphatic rings. The van der Waals surface area contributed by atoms with Gasteiger partial charge in [-0.05, 0) is 24.6 Å². The number of methoxy groups -OCH3 is 1. The number of nitrogens with zero attached hydrogens (tertiary/aromatic N) is 2. The quantitative estimate of drug-likeness (QED) is 0.629. The maximum absolute atomic E-state index is 13.9. The first-order chi connectivity index (χ1) is 11.0. The van der Waals surface area contributed by atoms with Crippen molar-refractivity contribution in [3.05, 3.63) is 52.1 Å². The number of fused-ring (bicyclic) bond motifs is 1. The van der Waals surface area contributed by atoms with Crippen molar-refractivity contribution in [2.24, 2.45) is 0 Å². The average molecular weight is 383 g/mol. The van der Waals surface area contributed by atoms with Crippen LogP contribution in [0, 0.1) is 18.6 Å². The molecule has 120 valence electrons. The molecule has 1 heterocycles. The van der Waals surface area contributed by atoms with Gasteiger partial charge in [0, 0.05) is 29.1 Å². The molecule has 23 heavy (non-hydrogen) atoms. The molecule has 0 N–H and O–H groups in total. The normalized spacial score (nSPS) is 11.2. The lowest BCUT2D eigenvalue weighted by molar-refractivity contribution is 0.0478. The summed E-state index contributed by atoms with van der Waals surface area (Å²) >= 11 is 3.46. The molecule has 0 radical (unpaired) electrons. The molecular weight excluding hydrogens is 370 g/mol. The maximum Gasteiger partial charge on any atom is 0.200 e. The van der Waals surface area contributed by atoms with E-state index in [0.717, 1.165) is 27.0 Å². The predicted molar refractivity (Wildman–Crippen MR) is 85.9 cm³/mol. The van der Waals surface area contributed by atoms with Gasteiger partial charge in [-0.2, -0.15) is 9.49 Å². The number of halogens is 3. The fraction of sp³-hybridized carbons (Fsp3) is 0.188. The number of benzene rings is 2. The fourth-order valence-corrected chi connectivity index (χ4v) is 2.66. The molecule has 0 saturated heterocycles. The van der Waals surface area contributed by atoms with E-state index in [1.807, 2.05) is 19.1 Å². The van der Waals surface area contributed by atoms with Crippen LogP contribution in [0.1, 0.15) is 5.56 Å². The van der Waals surface area contributed by atoms with E-state index < -0.39 is 11.6 Å². The van der Waals surface area contributed by atoms with Gasteiger partial charge in [0.1, 0.15) is 0 Å². The van der Waals surface area contributed by atoms with Crippen LogP contribution >= 0.6 is 15.9 Å². The fourth-order valence-electron chi connectivity index (χ4n) is 2.32. The third-order valence-electron chi connectivity index (χ3n) is 3.51. The summed E-state index contributed by atoms with van der Waals surface area (Å²) in [6, 6.07) is 6.22. The molecule has 7 heteroatoms. The molecule has 1 aromatic heterocycles. The van der Waals surface area contributed by atoms with E-state index in [1.165, 1.54) is 17.9 Å². The molecule has 0 saturated carbocycles. The molecule has 0 spiro atoms. The van der Waals surface area contributed by atoms with Gasteiger partial charge in [-0.3, -0.25) is 0 Å². The van der Waals surface area contributed by atoms with Crippen molar-refractivity contribution in [2.45, 2.75) is 6.92 Å². The summed E-state index contributed by atoms with van der Waals surface area (Å²) < 4.78 is 39.9. The zero-order valence-electron chi connectivity index (χ0n) is 12.4. The second-order valence-corrected chi connectivity index (χ2v) is 5.81. The predicted octanol–water partition coefficient (Wildman–Crippen LogP) is 4.36. The largest absolute Gasteiger partial charge is 0.464 e. The van der Waals surface area contributed by atoms with Crippen molar-refractivity contribution in [3.63, 3.8) is 0 Å². The van der Waals surface area contributed by atoms with Gasteiger partial charge >= 0.3 is 0 Å². The van der Waals surface area contributed by atoms with Crippen LogP contribution in [-0.4, -0.2) is 23.7 Å². The summed E-state index contributed by atoms with van der Waals surface area (Å²) in [5, 5.41) is 5.20. The zero-order valence-corrected chi connectivity index (χ0v) is 14.0. The highest BCUT2D eigenvalue weighted by Crippen LogP contribution is 2.29. The standard InChI is InChI=1S/C16H13BrF2N2O2/c1-9-11-7-20-21(14(11)4-3-12(9)17)10-5-13(18)16(19)15(6-10)23-8-22-2/h3-7H,8H2,1-2H3. The monoisotopic (exact) mass is 382 g/mol.